The summed E-state index contributed by atoms with van der Waals surface area (Å²) in [6.07, 6.45) is 2.54. The van der Waals surface area contributed by atoms with Crippen LogP contribution in [0.15, 0.2) is 0 Å². The minimum Gasteiger partial charge on any atom is -0.346 e. The van der Waals surface area contributed by atoms with Crippen LogP contribution in [-0.4, -0.2) is 30.9 Å². The number of carbonyl (C=O) groups excluding carboxylic acids is 1. The van der Waals surface area contributed by atoms with Crippen molar-refractivity contribution < 1.29 is 4.79 Å². The lowest BCUT2D eigenvalue weighted by atomic mass is 9.84. The monoisotopic (exact) mass is 228 g/mol. The molecule has 0 bridgehead atoms. The van der Waals surface area contributed by atoms with E-state index >= 15 is 0 Å². The largest absolute Gasteiger partial charge is 0.346 e. The normalized spacial score (nSPS) is 11.9. The lowest BCUT2D eigenvalue weighted by molar-refractivity contribution is -0.130. The summed E-state index contributed by atoms with van der Waals surface area (Å²) in [6.45, 7) is 10.1. The molecular formula is C13H28N2O. The Morgan fingerprint density at radius 1 is 1.31 bits per heavy atom. The van der Waals surface area contributed by atoms with Gasteiger partial charge in [0.25, 0.3) is 0 Å². The molecule has 0 fully saturated rings. The third kappa shape index (κ3) is 6.83. The molecule has 0 aromatic rings. The van der Waals surface area contributed by atoms with Crippen molar-refractivity contribution >= 4 is 5.91 Å². The van der Waals surface area contributed by atoms with Gasteiger partial charge in [0.2, 0.25) is 5.91 Å². The molecule has 3 nitrogen and oxygen atoms in total. The maximum atomic E-state index is 11.8. The molecule has 0 heterocycles. The lowest BCUT2D eigenvalue weighted by Crippen LogP contribution is -2.31. The zero-order chi connectivity index (χ0) is 12.8. The Hall–Kier alpha value is -0.570. The van der Waals surface area contributed by atoms with Gasteiger partial charge < -0.3 is 10.6 Å². The summed E-state index contributed by atoms with van der Waals surface area (Å²) >= 11 is 0. The number of rotatable bonds is 7. The number of nitrogens with zero attached hydrogens (tertiary/aromatic N) is 1. The fourth-order valence-electron chi connectivity index (χ4n) is 1.80. The van der Waals surface area contributed by atoms with E-state index in [0.29, 0.717) is 18.9 Å². The summed E-state index contributed by atoms with van der Waals surface area (Å²) in [5.41, 5.74) is 5.73. The standard InChI is InChI=1S/C13H28N2O/c1-11(2)10-15(5)12(16)6-7-13(3,4)8-9-14/h11H,6-10,14H2,1-5H3. The van der Waals surface area contributed by atoms with Gasteiger partial charge in [-0.05, 0) is 30.7 Å². The van der Waals surface area contributed by atoms with Gasteiger partial charge in [0.15, 0.2) is 0 Å². The maximum Gasteiger partial charge on any atom is 0.222 e. The second-order valence-corrected chi connectivity index (χ2v) is 5.87. The maximum absolute atomic E-state index is 11.8. The third-order valence-corrected chi connectivity index (χ3v) is 2.90. The summed E-state index contributed by atoms with van der Waals surface area (Å²) < 4.78 is 0. The highest BCUT2D eigenvalue weighted by molar-refractivity contribution is 5.75. The Bertz CT molecular complexity index is 212. The molecule has 2 N–H and O–H groups in total. The van der Waals surface area contributed by atoms with E-state index in [1.54, 1.807) is 0 Å². The molecule has 1 amide bonds. The Morgan fingerprint density at radius 3 is 2.31 bits per heavy atom. The van der Waals surface area contributed by atoms with E-state index in [1.165, 1.54) is 0 Å². The van der Waals surface area contributed by atoms with Gasteiger partial charge in [-0.3, -0.25) is 4.79 Å². The van der Waals surface area contributed by atoms with Crippen LogP contribution in [0.5, 0.6) is 0 Å². The van der Waals surface area contributed by atoms with Gasteiger partial charge in [0, 0.05) is 20.0 Å². The van der Waals surface area contributed by atoms with Gasteiger partial charge in [0.05, 0.1) is 0 Å². The van der Waals surface area contributed by atoms with Crippen LogP contribution in [0.4, 0.5) is 0 Å². The fraction of sp³-hybridized carbons (Fsp3) is 0.923. The van der Waals surface area contributed by atoms with Crippen molar-refractivity contribution in [3.8, 4) is 0 Å². The molecule has 0 spiro atoms. The molecule has 0 radical (unpaired) electrons. The number of carbonyl (C=O) groups is 1. The van der Waals surface area contributed by atoms with E-state index in [1.807, 2.05) is 11.9 Å². The van der Waals surface area contributed by atoms with Gasteiger partial charge in [-0.2, -0.15) is 0 Å². The first-order chi connectivity index (χ1) is 7.28. The number of hydrogen-bond donors (Lipinski definition) is 1. The Kier molecular flexibility index (Phi) is 6.65. The van der Waals surface area contributed by atoms with Crippen LogP contribution in [-0.2, 0) is 4.79 Å². The van der Waals surface area contributed by atoms with Gasteiger partial charge in [-0.1, -0.05) is 27.7 Å². The lowest BCUT2D eigenvalue weighted by Gasteiger charge is -2.25. The molecule has 0 aliphatic carbocycles. The quantitative estimate of drug-likeness (QED) is 0.726. The average molecular weight is 228 g/mol. The highest BCUT2D eigenvalue weighted by Crippen LogP contribution is 2.26. The summed E-state index contributed by atoms with van der Waals surface area (Å²) in [6, 6.07) is 0. The van der Waals surface area contributed by atoms with Crippen LogP contribution >= 0.6 is 0 Å². The van der Waals surface area contributed by atoms with E-state index < -0.39 is 0 Å². The Balaban J connectivity index is 3.97. The number of amides is 1. The van der Waals surface area contributed by atoms with Crippen molar-refractivity contribution in [3.05, 3.63) is 0 Å². The van der Waals surface area contributed by atoms with Gasteiger partial charge >= 0.3 is 0 Å². The van der Waals surface area contributed by atoms with Crippen molar-refractivity contribution in [2.75, 3.05) is 20.1 Å². The minimum atomic E-state index is 0.184. The van der Waals surface area contributed by atoms with Crippen molar-refractivity contribution in [2.45, 2.75) is 47.0 Å². The molecule has 0 saturated heterocycles. The Labute approximate surface area is 100 Å². The molecule has 96 valence electrons. The average Bonchev–Trinajstić information content (AvgIpc) is 2.13. The third-order valence-electron chi connectivity index (χ3n) is 2.90. The number of hydrogen-bond acceptors (Lipinski definition) is 2. The van der Waals surface area contributed by atoms with Crippen LogP contribution in [0.3, 0.4) is 0 Å². The van der Waals surface area contributed by atoms with E-state index in [9.17, 15) is 4.79 Å². The summed E-state index contributed by atoms with van der Waals surface area (Å²) in [5.74, 6) is 0.782. The molecule has 0 unspecified atom stereocenters. The molecule has 3 heteroatoms. The second kappa shape index (κ2) is 6.89. The van der Waals surface area contributed by atoms with Crippen molar-refractivity contribution in [2.24, 2.45) is 17.1 Å². The molecule has 0 aliphatic rings. The topological polar surface area (TPSA) is 46.3 Å². The first-order valence-corrected chi connectivity index (χ1v) is 6.22. The molecule has 0 aromatic carbocycles. The van der Waals surface area contributed by atoms with Gasteiger partial charge in [-0.25, -0.2) is 0 Å². The Morgan fingerprint density at radius 2 is 1.88 bits per heavy atom. The predicted octanol–water partition coefficient (Wildman–Crippen LogP) is 2.26. The van der Waals surface area contributed by atoms with Crippen molar-refractivity contribution in [1.82, 2.24) is 4.90 Å². The van der Waals surface area contributed by atoms with Crippen LogP contribution in [0.1, 0.15) is 47.0 Å². The van der Waals surface area contributed by atoms with Crippen LogP contribution in [0.25, 0.3) is 0 Å². The molecule has 16 heavy (non-hydrogen) atoms. The SMILES string of the molecule is CC(C)CN(C)C(=O)CCC(C)(C)CCN. The zero-order valence-corrected chi connectivity index (χ0v) is 11.5. The first kappa shape index (κ1) is 15.4. The summed E-state index contributed by atoms with van der Waals surface area (Å²) in [5, 5.41) is 0. The van der Waals surface area contributed by atoms with Crippen molar-refractivity contribution in [1.29, 1.82) is 0 Å². The predicted molar refractivity (Wildman–Crippen MR) is 69.2 cm³/mol. The van der Waals surface area contributed by atoms with Gasteiger partial charge in [0.1, 0.15) is 0 Å². The van der Waals surface area contributed by atoms with E-state index in [0.717, 1.165) is 19.4 Å². The highest BCUT2D eigenvalue weighted by Gasteiger charge is 2.19. The first-order valence-electron chi connectivity index (χ1n) is 6.22. The second-order valence-electron chi connectivity index (χ2n) is 5.87. The van der Waals surface area contributed by atoms with Gasteiger partial charge in [-0.15, -0.1) is 0 Å². The smallest absolute Gasteiger partial charge is 0.222 e. The molecule has 0 atom stereocenters. The summed E-state index contributed by atoms with van der Waals surface area (Å²) in [4.78, 5) is 13.7. The minimum absolute atomic E-state index is 0.184. The molecule has 0 aliphatic heterocycles. The molecule has 0 rings (SSSR count). The molecule has 0 saturated carbocycles. The molecular weight excluding hydrogens is 200 g/mol. The van der Waals surface area contributed by atoms with E-state index in [2.05, 4.69) is 27.7 Å². The van der Waals surface area contributed by atoms with Crippen LogP contribution in [0, 0.1) is 11.3 Å². The fourth-order valence-corrected chi connectivity index (χ4v) is 1.80. The highest BCUT2D eigenvalue weighted by atomic mass is 16.2. The van der Waals surface area contributed by atoms with Crippen LogP contribution < -0.4 is 5.73 Å². The van der Waals surface area contributed by atoms with E-state index in [4.69, 9.17) is 5.73 Å². The zero-order valence-electron chi connectivity index (χ0n) is 11.5. The number of nitrogens with two attached hydrogens (primary N) is 1. The van der Waals surface area contributed by atoms with Crippen molar-refractivity contribution in [3.63, 3.8) is 0 Å². The van der Waals surface area contributed by atoms with Crippen LogP contribution in [0.2, 0.25) is 0 Å². The molecule has 0 aromatic heterocycles. The summed E-state index contributed by atoms with van der Waals surface area (Å²) in [7, 11) is 1.89. The van der Waals surface area contributed by atoms with E-state index in [-0.39, 0.29) is 11.3 Å².